The van der Waals surface area contributed by atoms with Crippen molar-refractivity contribution in [3.8, 4) is 0 Å². The fraction of sp³-hybridized carbons (Fsp3) is 0.750. The Morgan fingerprint density at radius 1 is 1.70 bits per heavy atom. The van der Waals surface area contributed by atoms with Crippen LogP contribution in [0, 0.1) is 5.41 Å². The minimum atomic E-state index is 0.0393. The quantitative estimate of drug-likeness (QED) is 0.446. The summed E-state index contributed by atoms with van der Waals surface area (Å²) >= 11 is 5.72. The summed E-state index contributed by atoms with van der Waals surface area (Å²) < 4.78 is 4.93. The highest BCUT2D eigenvalue weighted by Crippen LogP contribution is 2.23. The predicted octanol–water partition coefficient (Wildman–Crippen LogP) is 2.45. The number of allylic oxidation sites excluding steroid dienone is 1. The first kappa shape index (κ1) is 9.99. The van der Waals surface area contributed by atoms with Crippen LogP contribution in [0.5, 0.6) is 0 Å². The second-order valence-corrected chi connectivity index (χ2v) is 3.00. The van der Waals surface area contributed by atoms with Gasteiger partial charge in [-0.1, -0.05) is 13.0 Å². The summed E-state index contributed by atoms with van der Waals surface area (Å²) in [7, 11) is 1.69. The molecule has 60 valence electrons. The van der Waals surface area contributed by atoms with E-state index >= 15 is 0 Å². The van der Waals surface area contributed by atoms with Gasteiger partial charge in [0.1, 0.15) is 0 Å². The first-order chi connectivity index (χ1) is 4.68. The molecule has 0 fully saturated rings. The number of ether oxygens (including phenoxy) is 1. The summed E-state index contributed by atoms with van der Waals surface area (Å²) in [5.41, 5.74) is 0.0393. The zero-order chi connectivity index (χ0) is 8.04. The minimum Gasteiger partial charge on any atom is -0.385 e. The van der Waals surface area contributed by atoms with Gasteiger partial charge in [0, 0.05) is 25.0 Å². The van der Waals surface area contributed by atoms with Crippen LogP contribution in [0.3, 0.4) is 0 Å². The van der Waals surface area contributed by atoms with Crippen molar-refractivity contribution in [1.29, 1.82) is 0 Å². The Hall–Kier alpha value is -0.0100. The number of methoxy groups -OCH3 is 1. The molecule has 10 heavy (non-hydrogen) atoms. The van der Waals surface area contributed by atoms with Crippen LogP contribution < -0.4 is 0 Å². The molecule has 0 aromatic carbocycles. The Bertz CT molecular complexity index is 103. The summed E-state index contributed by atoms with van der Waals surface area (Å²) in [4.78, 5) is 0. The molecule has 0 saturated heterocycles. The molecule has 0 radical (unpaired) electrons. The maximum atomic E-state index is 5.72. The van der Waals surface area contributed by atoms with Gasteiger partial charge in [0.2, 0.25) is 0 Å². The fourth-order valence-corrected chi connectivity index (χ4v) is 0.801. The number of halogens is 1. The molecule has 0 aromatic heterocycles. The van der Waals surface area contributed by atoms with E-state index in [4.69, 9.17) is 16.3 Å². The summed E-state index contributed by atoms with van der Waals surface area (Å²) in [6, 6.07) is 0. The van der Waals surface area contributed by atoms with Crippen LogP contribution in [0.1, 0.15) is 13.3 Å². The molecule has 0 aromatic rings. The molecular weight excluding hydrogens is 148 g/mol. The summed E-state index contributed by atoms with van der Waals surface area (Å²) in [6.45, 7) is 6.54. The molecular formula is C8H15ClO. The van der Waals surface area contributed by atoms with Crippen molar-refractivity contribution in [3.05, 3.63) is 12.7 Å². The van der Waals surface area contributed by atoms with Crippen molar-refractivity contribution >= 4 is 11.6 Å². The maximum absolute atomic E-state index is 5.72. The molecule has 1 nitrogen and oxygen atoms in total. The molecule has 0 amide bonds. The Labute approximate surface area is 68.0 Å². The summed E-state index contributed by atoms with van der Waals surface area (Å²) in [5.74, 6) is 0.611. The van der Waals surface area contributed by atoms with E-state index in [1.165, 1.54) is 0 Å². The number of alkyl halides is 1. The molecule has 2 heteroatoms. The van der Waals surface area contributed by atoms with Crippen molar-refractivity contribution < 1.29 is 4.74 Å². The van der Waals surface area contributed by atoms with Crippen molar-refractivity contribution in [1.82, 2.24) is 0 Å². The lowest BCUT2D eigenvalue weighted by atomic mass is 9.90. The molecule has 0 aliphatic heterocycles. The van der Waals surface area contributed by atoms with Gasteiger partial charge in [-0.15, -0.1) is 18.2 Å². The largest absolute Gasteiger partial charge is 0.385 e. The normalized spacial score (nSPS) is 16.3. The molecule has 1 atom stereocenters. The molecule has 0 bridgehead atoms. The van der Waals surface area contributed by atoms with Crippen LogP contribution in [0.25, 0.3) is 0 Å². The third-order valence-corrected chi connectivity index (χ3v) is 2.29. The van der Waals surface area contributed by atoms with E-state index < -0.39 is 0 Å². The van der Waals surface area contributed by atoms with Gasteiger partial charge in [-0.2, -0.15) is 0 Å². The first-order valence-electron chi connectivity index (χ1n) is 3.37. The molecule has 0 heterocycles. The van der Waals surface area contributed by atoms with E-state index in [0.717, 1.165) is 13.0 Å². The van der Waals surface area contributed by atoms with Crippen LogP contribution in [0.4, 0.5) is 0 Å². The third-order valence-electron chi connectivity index (χ3n) is 1.68. The molecule has 0 aliphatic carbocycles. The van der Waals surface area contributed by atoms with Gasteiger partial charge >= 0.3 is 0 Å². The number of rotatable bonds is 5. The second kappa shape index (κ2) is 4.75. The van der Waals surface area contributed by atoms with Crippen LogP contribution in [0.2, 0.25) is 0 Å². The molecule has 0 spiro atoms. The molecule has 0 rings (SSSR count). The zero-order valence-electron chi connectivity index (χ0n) is 6.69. The predicted molar refractivity (Wildman–Crippen MR) is 45.5 cm³/mol. The Balaban J connectivity index is 3.68. The highest BCUT2D eigenvalue weighted by Gasteiger charge is 2.17. The van der Waals surface area contributed by atoms with Crippen molar-refractivity contribution in [2.75, 3.05) is 19.6 Å². The lowest BCUT2D eigenvalue weighted by molar-refractivity contribution is 0.169. The average Bonchev–Trinajstić information content (AvgIpc) is 2.00. The van der Waals surface area contributed by atoms with Gasteiger partial charge in [-0.05, 0) is 6.42 Å². The fourth-order valence-electron chi connectivity index (χ4n) is 0.559. The van der Waals surface area contributed by atoms with E-state index in [0.29, 0.717) is 5.88 Å². The summed E-state index contributed by atoms with van der Waals surface area (Å²) in [5, 5.41) is 0. The van der Waals surface area contributed by atoms with Crippen molar-refractivity contribution in [2.24, 2.45) is 5.41 Å². The van der Waals surface area contributed by atoms with E-state index in [2.05, 4.69) is 13.5 Å². The van der Waals surface area contributed by atoms with Gasteiger partial charge < -0.3 is 4.74 Å². The van der Waals surface area contributed by atoms with Gasteiger partial charge in [0.25, 0.3) is 0 Å². The standard InChI is InChI=1S/C8H15ClO/c1-4-8(2,7-9)5-6-10-3/h4H,1,5-7H2,2-3H3. The van der Waals surface area contributed by atoms with Gasteiger partial charge in [-0.25, -0.2) is 0 Å². The average molecular weight is 163 g/mol. The SMILES string of the molecule is C=CC(C)(CCl)CCOC. The molecule has 0 aliphatic rings. The van der Waals surface area contributed by atoms with Gasteiger partial charge in [0.05, 0.1) is 0 Å². The minimum absolute atomic E-state index is 0.0393. The smallest absolute Gasteiger partial charge is 0.0470 e. The number of hydrogen-bond donors (Lipinski definition) is 0. The zero-order valence-corrected chi connectivity index (χ0v) is 7.45. The van der Waals surface area contributed by atoms with Crippen molar-refractivity contribution in [2.45, 2.75) is 13.3 Å². The lowest BCUT2D eigenvalue weighted by Gasteiger charge is -2.21. The lowest BCUT2D eigenvalue weighted by Crippen LogP contribution is -2.17. The summed E-state index contributed by atoms with van der Waals surface area (Å²) in [6.07, 6.45) is 2.83. The van der Waals surface area contributed by atoms with E-state index in [1.54, 1.807) is 7.11 Å². The van der Waals surface area contributed by atoms with E-state index in [9.17, 15) is 0 Å². The second-order valence-electron chi connectivity index (χ2n) is 2.73. The Morgan fingerprint density at radius 2 is 2.30 bits per heavy atom. The molecule has 0 saturated carbocycles. The van der Waals surface area contributed by atoms with Crippen LogP contribution >= 0.6 is 11.6 Å². The topological polar surface area (TPSA) is 9.23 Å². The maximum Gasteiger partial charge on any atom is 0.0470 e. The highest BCUT2D eigenvalue weighted by molar-refractivity contribution is 6.18. The van der Waals surface area contributed by atoms with Crippen LogP contribution in [-0.4, -0.2) is 19.6 Å². The third kappa shape index (κ3) is 3.23. The Morgan fingerprint density at radius 3 is 2.60 bits per heavy atom. The van der Waals surface area contributed by atoms with Crippen LogP contribution in [0.15, 0.2) is 12.7 Å². The van der Waals surface area contributed by atoms with Crippen molar-refractivity contribution in [3.63, 3.8) is 0 Å². The van der Waals surface area contributed by atoms with E-state index in [1.807, 2.05) is 6.08 Å². The monoisotopic (exact) mass is 162 g/mol. The number of hydrogen-bond acceptors (Lipinski definition) is 1. The molecule has 1 unspecified atom stereocenters. The highest BCUT2D eigenvalue weighted by atomic mass is 35.5. The van der Waals surface area contributed by atoms with Crippen LogP contribution in [-0.2, 0) is 4.74 Å². The molecule has 0 N–H and O–H groups in total. The first-order valence-corrected chi connectivity index (χ1v) is 3.90. The van der Waals surface area contributed by atoms with Gasteiger partial charge in [0.15, 0.2) is 0 Å². The Kier molecular flexibility index (Phi) is 4.75. The van der Waals surface area contributed by atoms with Gasteiger partial charge in [-0.3, -0.25) is 0 Å². The van der Waals surface area contributed by atoms with E-state index in [-0.39, 0.29) is 5.41 Å².